The molecule has 1 atom stereocenters. The summed E-state index contributed by atoms with van der Waals surface area (Å²) < 4.78 is 35.9. The van der Waals surface area contributed by atoms with E-state index in [1.165, 1.54) is 12.1 Å². The summed E-state index contributed by atoms with van der Waals surface area (Å²) in [6, 6.07) is 4.33. The van der Waals surface area contributed by atoms with E-state index in [1.54, 1.807) is 22.6 Å². The van der Waals surface area contributed by atoms with Crippen LogP contribution in [0, 0.1) is 0 Å². The van der Waals surface area contributed by atoms with Gasteiger partial charge in [0.2, 0.25) is 0 Å². The van der Waals surface area contributed by atoms with E-state index < -0.39 is 21.6 Å². The normalized spacial score (nSPS) is 13.6. The molecule has 0 saturated carbocycles. The van der Waals surface area contributed by atoms with Crippen LogP contribution in [-0.2, 0) is 11.0 Å². The fraction of sp³-hybridized carbons (Fsp3) is 0.222. The van der Waals surface area contributed by atoms with Crippen molar-refractivity contribution in [3.63, 3.8) is 0 Å². The minimum absolute atomic E-state index is 0.137. The number of hydrogen-bond acceptors (Lipinski definition) is 1. The van der Waals surface area contributed by atoms with E-state index in [0.717, 1.165) is 12.1 Å². The van der Waals surface area contributed by atoms with Crippen molar-refractivity contribution in [2.45, 2.75) is 10.1 Å². The lowest BCUT2D eigenvalue weighted by atomic mass is 10.1. The first-order valence-electron chi connectivity index (χ1n) is 3.86. The van der Waals surface area contributed by atoms with Crippen molar-refractivity contribution >= 4 is 28.6 Å². The number of alkyl halides is 4. The first-order chi connectivity index (χ1) is 6.82. The van der Waals surface area contributed by atoms with Gasteiger partial charge in [-0.05, 0) is 11.6 Å². The number of carboxylic acids is 1. The number of carbonyl (C=O) groups is 1. The summed E-state index contributed by atoms with van der Waals surface area (Å²) in [5.41, 5.74) is -0.694. The van der Waals surface area contributed by atoms with Gasteiger partial charge in [0.1, 0.15) is 3.92 Å². The molecule has 0 aliphatic carbocycles. The van der Waals surface area contributed by atoms with Crippen molar-refractivity contribution in [2.75, 3.05) is 0 Å². The van der Waals surface area contributed by atoms with Crippen molar-refractivity contribution in [2.24, 2.45) is 0 Å². The highest BCUT2D eigenvalue weighted by molar-refractivity contribution is 14.1. The SMILES string of the molecule is O=C(O)C(I)c1cccc(C(F)(F)F)c1. The fourth-order valence-corrected chi connectivity index (χ4v) is 1.40. The van der Waals surface area contributed by atoms with Gasteiger partial charge >= 0.3 is 12.1 Å². The summed E-state index contributed by atoms with van der Waals surface area (Å²) in [7, 11) is 0. The molecule has 0 fully saturated rings. The smallest absolute Gasteiger partial charge is 0.416 e. The Labute approximate surface area is 97.2 Å². The van der Waals surface area contributed by atoms with Crippen molar-refractivity contribution < 1.29 is 23.1 Å². The van der Waals surface area contributed by atoms with E-state index in [2.05, 4.69) is 0 Å². The number of aliphatic carboxylic acids is 1. The molecule has 1 rings (SSSR count). The largest absolute Gasteiger partial charge is 0.480 e. The van der Waals surface area contributed by atoms with Gasteiger partial charge in [0.15, 0.2) is 0 Å². The van der Waals surface area contributed by atoms with Crippen LogP contribution in [0.1, 0.15) is 15.1 Å². The van der Waals surface area contributed by atoms with E-state index in [9.17, 15) is 18.0 Å². The average molecular weight is 330 g/mol. The van der Waals surface area contributed by atoms with Crippen LogP contribution in [0.25, 0.3) is 0 Å². The Morgan fingerprint density at radius 2 is 2.00 bits per heavy atom. The Morgan fingerprint density at radius 1 is 1.40 bits per heavy atom. The maximum absolute atomic E-state index is 12.3. The molecule has 1 N–H and O–H groups in total. The minimum atomic E-state index is -4.44. The predicted molar refractivity (Wildman–Crippen MR) is 55.8 cm³/mol. The number of hydrogen-bond donors (Lipinski definition) is 1. The lowest BCUT2D eigenvalue weighted by Gasteiger charge is -2.10. The van der Waals surface area contributed by atoms with Crippen LogP contribution < -0.4 is 0 Å². The van der Waals surface area contributed by atoms with Gasteiger partial charge in [0.05, 0.1) is 5.56 Å². The van der Waals surface area contributed by atoms with Crippen LogP contribution in [0.2, 0.25) is 0 Å². The maximum atomic E-state index is 12.3. The topological polar surface area (TPSA) is 37.3 Å². The Balaban J connectivity index is 3.08. The van der Waals surface area contributed by atoms with E-state index >= 15 is 0 Å². The highest BCUT2D eigenvalue weighted by Gasteiger charge is 2.31. The van der Waals surface area contributed by atoms with Crippen molar-refractivity contribution in [1.29, 1.82) is 0 Å². The Bertz CT molecular complexity index is 376. The van der Waals surface area contributed by atoms with Gasteiger partial charge in [0, 0.05) is 0 Å². The summed E-state index contributed by atoms with van der Waals surface area (Å²) in [6.07, 6.45) is -4.44. The predicted octanol–water partition coefficient (Wildman–Crippen LogP) is 3.27. The van der Waals surface area contributed by atoms with Crippen molar-refractivity contribution in [3.05, 3.63) is 35.4 Å². The van der Waals surface area contributed by atoms with E-state index in [4.69, 9.17) is 5.11 Å². The van der Waals surface area contributed by atoms with Crippen LogP contribution >= 0.6 is 22.6 Å². The molecule has 0 aliphatic heterocycles. The van der Waals surface area contributed by atoms with Gasteiger partial charge in [-0.2, -0.15) is 13.2 Å². The van der Waals surface area contributed by atoms with Gasteiger partial charge in [-0.15, -0.1) is 0 Å². The van der Waals surface area contributed by atoms with Gasteiger partial charge in [-0.1, -0.05) is 40.8 Å². The van der Waals surface area contributed by atoms with Crippen molar-refractivity contribution in [1.82, 2.24) is 0 Å². The second kappa shape index (κ2) is 4.38. The Hall–Kier alpha value is -0.790. The molecule has 1 unspecified atom stereocenters. The first-order valence-corrected chi connectivity index (χ1v) is 5.11. The molecule has 0 saturated heterocycles. The number of benzene rings is 1. The first kappa shape index (κ1) is 12.3. The number of carboxylic acid groups (broad SMARTS) is 1. The average Bonchev–Trinajstić information content (AvgIpc) is 2.15. The molecule has 0 heterocycles. The zero-order valence-corrected chi connectivity index (χ0v) is 9.41. The molecule has 0 amide bonds. The minimum Gasteiger partial charge on any atom is -0.480 e. The van der Waals surface area contributed by atoms with Gasteiger partial charge in [0.25, 0.3) is 0 Å². The van der Waals surface area contributed by atoms with Gasteiger partial charge < -0.3 is 5.11 Å². The molecular formula is C9H6F3IO2. The molecule has 6 heteroatoms. The van der Waals surface area contributed by atoms with Gasteiger partial charge in [-0.25, -0.2) is 0 Å². The number of halogens is 4. The molecule has 82 valence electrons. The van der Waals surface area contributed by atoms with Crippen molar-refractivity contribution in [3.8, 4) is 0 Å². The molecule has 15 heavy (non-hydrogen) atoms. The third kappa shape index (κ3) is 3.08. The summed E-state index contributed by atoms with van der Waals surface area (Å²) in [5.74, 6) is -1.16. The summed E-state index contributed by atoms with van der Waals surface area (Å²) in [5, 5.41) is 8.64. The molecule has 0 radical (unpaired) electrons. The third-order valence-electron chi connectivity index (χ3n) is 1.72. The quantitative estimate of drug-likeness (QED) is 0.668. The van der Waals surface area contributed by atoms with Crippen LogP contribution in [0.15, 0.2) is 24.3 Å². The molecule has 0 aromatic heterocycles. The molecular weight excluding hydrogens is 324 g/mol. The third-order valence-corrected chi connectivity index (χ3v) is 2.98. The van der Waals surface area contributed by atoms with Crippen LogP contribution in [-0.4, -0.2) is 11.1 Å². The standard InChI is InChI=1S/C9H6F3IO2/c10-9(11,12)6-3-1-2-5(4-6)7(13)8(14)15/h1-4,7H,(H,14,15). The lowest BCUT2D eigenvalue weighted by Crippen LogP contribution is -2.08. The highest BCUT2D eigenvalue weighted by atomic mass is 127. The van der Waals surface area contributed by atoms with Crippen LogP contribution in [0.5, 0.6) is 0 Å². The fourth-order valence-electron chi connectivity index (χ4n) is 1.02. The Kier molecular flexibility index (Phi) is 3.58. The summed E-state index contributed by atoms with van der Waals surface area (Å²) in [4.78, 5) is 10.6. The van der Waals surface area contributed by atoms with Crippen LogP contribution in [0.4, 0.5) is 13.2 Å². The second-order valence-corrected chi connectivity index (χ2v) is 4.07. The molecule has 0 aliphatic rings. The molecule has 0 spiro atoms. The number of rotatable bonds is 2. The molecule has 2 nitrogen and oxygen atoms in total. The van der Waals surface area contributed by atoms with E-state index in [-0.39, 0.29) is 5.56 Å². The zero-order valence-electron chi connectivity index (χ0n) is 7.25. The lowest BCUT2D eigenvalue weighted by molar-refractivity contribution is -0.138. The Morgan fingerprint density at radius 3 is 2.47 bits per heavy atom. The maximum Gasteiger partial charge on any atom is 0.416 e. The summed E-state index contributed by atoms with van der Waals surface area (Å²) in [6.45, 7) is 0. The highest BCUT2D eigenvalue weighted by Crippen LogP contribution is 2.32. The molecule has 1 aromatic rings. The second-order valence-electron chi connectivity index (χ2n) is 2.82. The van der Waals surface area contributed by atoms with E-state index in [1.807, 2.05) is 0 Å². The monoisotopic (exact) mass is 330 g/mol. The molecule has 1 aromatic carbocycles. The van der Waals surface area contributed by atoms with Crippen LogP contribution in [0.3, 0.4) is 0 Å². The molecule has 0 bridgehead atoms. The summed E-state index contributed by atoms with van der Waals surface area (Å²) >= 11 is 1.58. The zero-order chi connectivity index (χ0) is 11.6. The van der Waals surface area contributed by atoms with E-state index in [0.29, 0.717) is 0 Å². The van der Waals surface area contributed by atoms with Gasteiger partial charge in [-0.3, -0.25) is 4.79 Å².